The van der Waals surface area contributed by atoms with Gasteiger partial charge >= 0.3 is 0 Å². The normalized spacial score (nSPS) is 11.9. The number of nitrogens with zero attached hydrogens (tertiary/aromatic N) is 7. The first-order valence-corrected chi connectivity index (χ1v) is 12.2. The van der Waals surface area contributed by atoms with Gasteiger partial charge in [0.15, 0.2) is 0 Å². The smallest absolute Gasteiger partial charge is 0.262 e. The second-order valence-electron chi connectivity index (χ2n) is 9.36. The van der Waals surface area contributed by atoms with Crippen molar-refractivity contribution in [3.8, 4) is 5.69 Å². The van der Waals surface area contributed by atoms with Crippen molar-refractivity contribution in [3.63, 3.8) is 0 Å². The van der Waals surface area contributed by atoms with E-state index in [2.05, 4.69) is 23.8 Å². The number of benzene rings is 2. The zero-order valence-electron chi connectivity index (χ0n) is 20.2. The van der Waals surface area contributed by atoms with Crippen LogP contribution in [-0.4, -0.2) is 40.5 Å². The van der Waals surface area contributed by atoms with Crippen molar-refractivity contribution in [2.24, 2.45) is 5.92 Å². The number of hydrogen-bond acceptors (Lipinski definition) is 5. The second-order valence-corrected chi connectivity index (χ2v) is 9.72. The molecule has 0 radical (unpaired) electrons. The Morgan fingerprint density at radius 1 is 1.06 bits per heavy atom. The minimum Gasteiger partial charge on any atom is -0.283 e. The molecule has 0 spiro atoms. The molecule has 0 atom stereocenters. The Bertz CT molecular complexity index is 1590. The number of hydrogen-bond donors (Lipinski definition) is 0. The van der Waals surface area contributed by atoms with Crippen molar-refractivity contribution in [3.05, 3.63) is 87.7 Å². The van der Waals surface area contributed by atoms with Crippen molar-refractivity contribution in [2.75, 3.05) is 7.05 Å². The van der Waals surface area contributed by atoms with Crippen molar-refractivity contribution in [2.45, 2.75) is 40.0 Å². The molecular weight excluding hydrogens is 458 g/mol. The van der Waals surface area contributed by atoms with E-state index in [4.69, 9.17) is 17.3 Å². The van der Waals surface area contributed by atoms with Crippen molar-refractivity contribution in [1.82, 2.24) is 33.4 Å². The van der Waals surface area contributed by atoms with Gasteiger partial charge in [0.05, 0.1) is 29.5 Å². The third-order valence-electron chi connectivity index (χ3n) is 6.10. The lowest BCUT2D eigenvalue weighted by molar-refractivity contribution is 0.244. The van der Waals surface area contributed by atoms with Crippen molar-refractivity contribution in [1.29, 1.82) is 0 Å². The highest BCUT2D eigenvalue weighted by atomic mass is 32.1. The van der Waals surface area contributed by atoms with Crippen LogP contribution in [0.25, 0.3) is 22.4 Å². The van der Waals surface area contributed by atoms with Gasteiger partial charge in [0, 0.05) is 24.8 Å². The van der Waals surface area contributed by atoms with Crippen LogP contribution < -0.4 is 5.56 Å². The molecule has 0 saturated heterocycles. The molecule has 0 bridgehead atoms. The van der Waals surface area contributed by atoms with E-state index in [1.165, 1.54) is 0 Å². The molecule has 9 heteroatoms. The molecule has 0 saturated carbocycles. The molecule has 0 unspecified atom stereocenters. The van der Waals surface area contributed by atoms with Crippen LogP contribution in [0.4, 0.5) is 0 Å². The summed E-state index contributed by atoms with van der Waals surface area (Å²) in [5, 5.41) is 9.96. The Kier molecular flexibility index (Phi) is 6.36. The summed E-state index contributed by atoms with van der Waals surface area (Å²) in [6.07, 6.45) is 4.80. The van der Waals surface area contributed by atoms with E-state index in [0.29, 0.717) is 41.6 Å². The van der Waals surface area contributed by atoms with E-state index in [9.17, 15) is 4.79 Å². The summed E-state index contributed by atoms with van der Waals surface area (Å²) in [7, 11) is 2.02. The lowest BCUT2D eigenvalue weighted by Gasteiger charge is -2.15. The van der Waals surface area contributed by atoms with Crippen LogP contribution in [0.15, 0.2) is 71.8 Å². The van der Waals surface area contributed by atoms with E-state index >= 15 is 0 Å². The quantitative estimate of drug-likeness (QED) is 0.302. The van der Waals surface area contributed by atoms with Gasteiger partial charge in [-0.25, -0.2) is 9.36 Å². The zero-order valence-corrected chi connectivity index (χ0v) is 21.0. The number of rotatable bonds is 8. The molecule has 5 rings (SSSR count). The van der Waals surface area contributed by atoms with Crippen LogP contribution in [0.2, 0.25) is 0 Å². The first-order chi connectivity index (χ1) is 16.9. The van der Waals surface area contributed by atoms with Crippen LogP contribution >= 0.6 is 12.2 Å². The number of aryl methyl sites for hydroxylation is 1. The van der Waals surface area contributed by atoms with E-state index < -0.39 is 0 Å². The molecule has 0 aliphatic rings. The monoisotopic (exact) mass is 487 g/mol. The van der Waals surface area contributed by atoms with Crippen LogP contribution in [0.1, 0.15) is 25.8 Å². The molecule has 3 heterocycles. The van der Waals surface area contributed by atoms with Crippen molar-refractivity contribution >= 4 is 28.9 Å². The summed E-state index contributed by atoms with van der Waals surface area (Å²) in [6.45, 7) is 6.09. The van der Waals surface area contributed by atoms with Gasteiger partial charge in [0.2, 0.25) is 10.5 Å². The molecule has 0 N–H and O–H groups in total. The van der Waals surface area contributed by atoms with Gasteiger partial charge in [-0.15, -0.1) is 5.10 Å². The van der Waals surface area contributed by atoms with Crippen LogP contribution in [-0.2, 0) is 19.8 Å². The van der Waals surface area contributed by atoms with Crippen LogP contribution in [0, 0.1) is 10.7 Å². The molecular formula is C26H29N7OS. The fourth-order valence-electron chi connectivity index (χ4n) is 4.30. The van der Waals surface area contributed by atoms with E-state index in [0.717, 1.165) is 23.2 Å². The van der Waals surface area contributed by atoms with Gasteiger partial charge < -0.3 is 0 Å². The highest BCUT2D eigenvalue weighted by Crippen LogP contribution is 2.16. The zero-order chi connectivity index (χ0) is 24.5. The molecule has 0 aliphatic carbocycles. The Morgan fingerprint density at radius 3 is 2.57 bits per heavy atom. The SMILES string of the molecule is CC(C)CCn1c(=O)c2ccccc2n2c(=S)n(CN(C)Cc3cnn(-c4ccccc4)c3)nc12. The predicted octanol–water partition coefficient (Wildman–Crippen LogP) is 4.50. The van der Waals surface area contributed by atoms with Gasteiger partial charge in [-0.1, -0.05) is 44.2 Å². The topological polar surface area (TPSA) is 65.3 Å². The first-order valence-electron chi connectivity index (χ1n) is 11.8. The summed E-state index contributed by atoms with van der Waals surface area (Å²) >= 11 is 5.85. The highest BCUT2D eigenvalue weighted by Gasteiger charge is 2.17. The van der Waals surface area contributed by atoms with E-state index in [-0.39, 0.29) is 5.56 Å². The largest absolute Gasteiger partial charge is 0.283 e. The standard InChI is InChI=1S/C26H29N7OS/c1-19(2)13-14-30-24(34)22-11-7-8-12-23(22)33-25(30)28-32(26(33)35)18-29(3)16-20-15-27-31(17-20)21-9-5-4-6-10-21/h4-12,15,17,19H,13-14,16,18H2,1-3H3. The molecule has 35 heavy (non-hydrogen) atoms. The maximum atomic E-state index is 13.3. The lowest BCUT2D eigenvalue weighted by atomic mass is 10.1. The number of fused-ring (bicyclic) bond motifs is 3. The highest BCUT2D eigenvalue weighted by molar-refractivity contribution is 7.71. The fraction of sp³-hybridized carbons (Fsp3) is 0.308. The van der Waals surface area contributed by atoms with Crippen LogP contribution in [0.5, 0.6) is 0 Å². The third kappa shape index (κ3) is 4.56. The fourth-order valence-corrected chi connectivity index (χ4v) is 4.58. The average Bonchev–Trinajstić information content (AvgIpc) is 3.44. The summed E-state index contributed by atoms with van der Waals surface area (Å²) in [5.41, 5.74) is 2.88. The van der Waals surface area contributed by atoms with Gasteiger partial charge in [-0.3, -0.25) is 18.7 Å². The average molecular weight is 488 g/mol. The summed E-state index contributed by atoms with van der Waals surface area (Å²) < 4.78 is 7.93. The summed E-state index contributed by atoms with van der Waals surface area (Å²) in [5.74, 6) is 1.06. The molecule has 3 aromatic heterocycles. The van der Waals surface area contributed by atoms with Gasteiger partial charge in [0.25, 0.3) is 5.56 Å². The molecule has 0 aliphatic heterocycles. The van der Waals surface area contributed by atoms with Crippen LogP contribution in [0.3, 0.4) is 0 Å². The molecule has 5 aromatic rings. The summed E-state index contributed by atoms with van der Waals surface area (Å²) in [6, 6.07) is 17.6. The Balaban J connectivity index is 1.47. The molecule has 2 aromatic carbocycles. The predicted molar refractivity (Wildman–Crippen MR) is 140 cm³/mol. The molecule has 180 valence electrons. The Hall–Kier alpha value is -3.56. The Labute approximate surface area is 208 Å². The maximum absolute atomic E-state index is 13.3. The van der Waals surface area contributed by atoms with Gasteiger partial charge in [-0.2, -0.15) is 5.10 Å². The maximum Gasteiger partial charge on any atom is 0.262 e. The molecule has 8 nitrogen and oxygen atoms in total. The Morgan fingerprint density at radius 2 is 1.80 bits per heavy atom. The third-order valence-corrected chi connectivity index (χ3v) is 6.49. The molecule has 0 fully saturated rings. The number of para-hydroxylation sites is 2. The number of aromatic nitrogens is 6. The van der Waals surface area contributed by atoms with Gasteiger partial charge in [0.1, 0.15) is 0 Å². The summed E-state index contributed by atoms with van der Waals surface area (Å²) in [4.78, 5) is 15.4. The minimum absolute atomic E-state index is 0.0254. The van der Waals surface area contributed by atoms with Gasteiger partial charge in [-0.05, 0) is 55.9 Å². The second kappa shape index (κ2) is 9.59. The van der Waals surface area contributed by atoms with E-state index in [1.54, 1.807) is 9.25 Å². The van der Waals surface area contributed by atoms with Crippen molar-refractivity contribution < 1.29 is 0 Å². The lowest BCUT2D eigenvalue weighted by Crippen LogP contribution is -2.24. The first kappa shape index (κ1) is 23.2. The minimum atomic E-state index is -0.0254. The molecule has 0 amide bonds. The van der Waals surface area contributed by atoms with E-state index in [1.807, 2.05) is 83.1 Å².